The Morgan fingerprint density at radius 2 is 2.33 bits per heavy atom. The maximum atomic E-state index is 12.1. The van der Waals surface area contributed by atoms with E-state index in [9.17, 15) is 4.79 Å². The highest BCUT2D eigenvalue weighted by atomic mass is 16.5. The van der Waals surface area contributed by atoms with Crippen molar-refractivity contribution in [2.24, 2.45) is 0 Å². The summed E-state index contributed by atoms with van der Waals surface area (Å²) in [7, 11) is 0. The Hall–Kier alpha value is -2.50. The Kier molecular flexibility index (Phi) is 3.51. The number of nitrogens with one attached hydrogen (secondary N) is 1. The van der Waals surface area contributed by atoms with E-state index in [1.807, 2.05) is 31.2 Å². The predicted molar refractivity (Wildman–Crippen MR) is 78.9 cm³/mol. The summed E-state index contributed by atoms with van der Waals surface area (Å²) in [6.45, 7) is 2.45. The lowest BCUT2D eigenvalue weighted by Gasteiger charge is -2.26. The van der Waals surface area contributed by atoms with Crippen molar-refractivity contribution in [1.29, 1.82) is 0 Å². The molecule has 0 saturated carbocycles. The third-order valence-electron chi connectivity index (χ3n) is 3.47. The highest BCUT2D eigenvalue weighted by molar-refractivity contribution is 5.76. The molecular weight excluding hydrogens is 268 g/mol. The van der Waals surface area contributed by atoms with Crippen molar-refractivity contribution < 1.29 is 9.53 Å². The van der Waals surface area contributed by atoms with Crippen LogP contribution in [0.5, 0.6) is 5.75 Å². The number of nitrogens with two attached hydrogens (primary N) is 1. The van der Waals surface area contributed by atoms with E-state index >= 15 is 0 Å². The summed E-state index contributed by atoms with van der Waals surface area (Å²) in [6, 6.07) is 9.60. The molecule has 0 saturated heterocycles. The van der Waals surface area contributed by atoms with Gasteiger partial charge < -0.3 is 15.8 Å². The Labute approximate surface area is 122 Å². The quantitative estimate of drug-likeness (QED) is 0.878. The van der Waals surface area contributed by atoms with Gasteiger partial charge in [-0.1, -0.05) is 18.2 Å². The van der Waals surface area contributed by atoms with Crippen LogP contribution in [0.4, 0.5) is 5.82 Å². The molecule has 0 radical (unpaired) electrons. The van der Waals surface area contributed by atoms with E-state index in [0.717, 1.165) is 23.4 Å². The van der Waals surface area contributed by atoms with Crippen LogP contribution in [0.2, 0.25) is 0 Å². The summed E-state index contributed by atoms with van der Waals surface area (Å²) in [6.07, 6.45) is 0.773. The number of aromatic nitrogens is 2. The number of anilines is 1. The molecule has 2 aromatic rings. The number of hydrogen-bond acceptors (Lipinski definition) is 4. The summed E-state index contributed by atoms with van der Waals surface area (Å²) < 4.78 is 7.16. The van der Waals surface area contributed by atoms with Gasteiger partial charge >= 0.3 is 0 Å². The van der Waals surface area contributed by atoms with Gasteiger partial charge in [0.25, 0.3) is 0 Å². The van der Waals surface area contributed by atoms with Crippen LogP contribution in [0.3, 0.4) is 0 Å². The fourth-order valence-corrected chi connectivity index (χ4v) is 2.52. The molecule has 6 nitrogen and oxygen atoms in total. The van der Waals surface area contributed by atoms with E-state index in [4.69, 9.17) is 10.5 Å². The first-order chi connectivity index (χ1) is 10.1. The number of carbonyl (C=O) groups is 1. The lowest BCUT2D eigenvalue weighted by atomic mass is 10.0. The van der Waals surface area contributed by atoms with E-state index in [0.29, 0.717) is 12.4 Å². The molecule has 0 aliphatic carbocycles. The van der Waals surface area contributed by atoms with Gasteiger partial charge in [0, 0.05) is 6.07 Å². The Balaban J connectivity index is 1.60. The van der Waals surface area contributed by atoms with E-state index in [-0.39, 0.29) is 18.5 Å². The number of para-hydroxylation sites is 1. The number of benzene rings is 1. The number of rotatable bonds is 3. The second-order valence-electron chi connectivity index (χ2n) is 5.26. The van der Waals surface area contributed by atoms with Gasteiger partial charge in [-0.05, 0) is 25.0 Å². The van der Waals surface area contributed by atoms with Crippen LogP contribution in [0.25, 0.3) is 0 Å². The zero-order valence-electron chi connectivity index (χ0n) is 11.9. The van der Waals surface area contributed by atoms with Crippen molar-refractivity contribution in [2.45, 2.75) is 25.9 Å². The molecule has 21 heavy (non-hydrogen) atoms. The summed E-state index contributed by atoms with van der Waals surface area (Å²) >= 11 is 0. The molecule has 1 amide bonds. The van der Waals surface area contributed by atoms with Gasteiger partial charge in [-0.15, -0.1) is 0 Å². The topological polar surface area (TPSA) is 82.2 Å². The summed E-state index contributed by atoms with van der Waals surface area (Å²) in [5.74, 6) is 1.28. The Bertz CT molecular complexity index is 665. The number of ether oxygens (including phenoxy) is 1. The van der Waals surface area contributed by atoms with Crippen molar-refractivity contribution in [1.82, 2.24) is 15.1 Å². The molecule has 3 rings (SSSR count). The van der Waals surface area contributed by atoms with Crippen LogP contribution in [-0.2, 0) is 17.8 Å². The highest BCUT2D eigenvalue weighted by Crippen LogP contribution is 2.23. The second-order valence-corrected chi connectivity index (χ2v) is 5.26. The maximum absolute atomic E-state index is 12.1. The normalized spacial score (nSPS) is 16.9. The standard InChI is InChI=1S/C15H18N4O2/c1-10-6-14(16)19(18-10)8-15(20)17-12-7-11-4-2-3-5-13(11)21-9-12/h2-6,12H,7-9,16H2,1H3,(H,17,20)/t12-/m0/s1. The average Bonchev–Trinajstić information content (AvgIpc) is 2.76. The molecule has 2 heterocycles. The molecule has 1 aliphatic heterocycles. The summed E-state index contributed by atoms with van der Waals surface area (Å²) in [5, 5.41) is 7.14. The predicted octanol–water partition coefficient (Wildman–Crippen LogP) is 0.894. The molecule has 3 N–H and O–H groups in total. The van der Waals surface area contributed by atoms with Gasteiger partial charge in [-0.3, -0.25) is 4.79 Å². The van der Waals surface area contributed by atoms with Crippen LogP contribution in [0.15, 0.2) is 30.3 Å². The van der Waals surface area contributed by atoms with E-state index in [1.54, 1.807) is 6.07 Å². The first-order valence-electron chi connectivity index (χ1n) is 6.92. The summed E-state index contributed by atoms with van der Waals surface area (Å²) in [5.41, 5.74) is 7.70. The van der Waals surface area contributed by atoms with Crippen molar-refractivity contribution in [3.63, 3.8) is 0 Å². The third kappa shape index (κ3) is 2.99. The van der Waals surface area contributed by atoms with Crippen LogP contribution in [0.1, 0.15) is 11.3 Å². The zero-order chi connectivity index (χ0) is 14.8. The molecule has 1 atom stereocenters. The van der Waals surface area contributed by atoms with Crippen LogP contribution >= 0.6 is 0 Å². The Morgan fingerprint density at radius 3 is 3.10 bits per heavy atom. The highest BCUT2D eigenvalue weighted by Gasteiger charge is 2.21. The fourth-order valence-electron chi connectivity index (χ4n) is 2.52. The molecule has 0 bridgehead atoms. The zero-order valence-corrected chi connectivity index (χ0v) is 11.9. The first kappa shape index (κ1) is 13.5. The number of nitrogen functional groups attached to an aromatic ring is 1. The number of carbonyl (C=O) groups excluding carboxylic acids is 1. The molecule has 6 heteroatoms. The fraction of sp³-hybridized carbons (Fsp3) is 0.333. The van der Waals surface area contributed by atoms with Crippen molar-refractivity contribution in [3.05, 3.63) is 41.6 Å². The van der Waals surface area contributed by atoms with Gasteiger partial charge in [-0.25, -0.2) is 4.68 Å². The number of aryl methyl sites for hydroxylation is 1. The minimum atomic E-state index is -0.113. The lowest BCUT2D eigenvalue weighted by molar-refractivity contribution is -0.122. The molecule has 1 aromatic heterocycles. The minimum absolute atomic E-state index is 0.0229. The molecule has 0 fully saturated rings. The Morgan fingerprint density at radius 1 is 1.52 bits per heavy atom. The van der Waals surface area contributed by atoms with E-state index in [2.05, 4.69) is 10.4 Å². The van der Waals surface area contributed by atoms with E-state index in [1.165, 1.54) is 4.68 Å². The third-order valence-corrected chi connectivity index (χ3v) is 3.47. The molecule has 1 aromatic carbocycles. The number of amides is 1. The molecular formula is C15H18N4O2. The molecule has 110 valence electrons. The summed E-state index contributed by atoms with van der Waals surface area (Å²) in [4.78, 5) is 12.1. The van der Waals surface area contributed by atoms with Crippen molar-refractivity contribution in [2.75, 3.05) is 12.3 Å². The smallest absolute Gasteiger partial charge is 0.242 e. The molecule has 1 aliphatic rings. The minimum Gasteiger partial charge on any atom is -0.491 e. The number of hydrogen-bond donors (Lipinski definition) is 2. The molecule has 0 unspecified atom stereocenters. The van der Waals surface area contributed by atoms with Gasteiger partial charge in [0.1, 0.15) is 24.7 Å². The lowest BCUT2D eigenvalue weighted by Crippen LogP contribution is -2.44. The van der Waals surface area contributed by atoms with Gasteiger partial charge in [0.05, 0.1) is 11.7 Å². The van der Waals surface area contributed by atoms with Gasteiger partial charge in [0.15, 0.2) is 0 Å². The number of fused-ring (bicyclic) bond motifs is 1. The van der Waals surface area contributed by atoms with E-state index < -0.39 is 0 Å². The monoisotopic (exact) mass is 286 g/mol. The SMILES string of the molecule is Cc1cc(N)n(CC(=O)N[C@@H]2COc3ccccc3C2)n1. The van der Waals surface area contributed by atoms with Gasteiger partial charge in [-0.2, -0.15) is 5.10 Å². The largest absolute Gasteiger partial charge is 0.491 e. The van der Waals surface area contributed by atoms with Crippen molar-refractivity contribution in [3.8, 4) is 5.75 Å². The maximum Gasteiger partial charge on any atom is 0.242 e. The average molecular weight is 286 g/mol. The van der Waals surface area contributed by atoms with Gasteiger partial charge in [0.2, 0.25) is 5.91 Å². The number of nitrogens with zero attached hydrogens (tertiary/aromatic N) is 2. The van der Waals surface area contributed by atoms with Crippen LogP contribution in [-0.4, -0.2) is 28.3 Å². The van der Waals surface area contributed by atoms with Crippen molar-refractivity contribution >= 4 is 11.7 Å². The second kappa shape index (κ2) is 5.47. The van der Waals surface area contributed by atoms with Crippen LogP contribution in [0, 0.1) is 6.92 Å². The van der Waals surface area contributed by atoms with Crippen LogP contribution < -0.4 is 15.8 Å². The first-order valence-corrected chi connectivity index (χ1v) is 6.92. The molecule has 0 spiro atoms.